The quantitative estimate of drug-likeness (QED) is 0.770. The minimum atomic E-state index is -0.236. The number of carbonyl (C=O) groups excluding carboxylic acids is 1. The van der Waals surface area contributed by atoms with Crippen molar-refractivity contribution >= 4 is 5.91 Å². The van der Waals surface area contributed by atoms with Crippen LogP contribution in [0.4, 0.5) is 0 Å². The maximum absolute atomic E-state index is 12.8. The molecule has 1 saturated heterocycles. The van der Waals surface area contributed by atoms with Gasteiger partial charge in [-0.25, -0.2) is 9.97 Å². The molecule has 3 aromatic rings. The van der Waals surface area contributed by atoms with Crippen LogP contribution in [0.3, 0.4) is 0 Å². The molecule has 7 heteroatoms. The van der Waals surface area contributed by atoms with E-state index in [9.17, 15) is 9.90 Å². The molecule has 138 valence electrons. The monoisotopic (exact) mass is 363 g/mol. The lowest BCUT2D eigenvalue weighted by Crippen LogP contribution is -2.40. The molecular formula is C20H21N5O2. The average Bonchev–Trinajstić information content (AvgIpc) is 3.17. The summed E-state index contributed by atoms with van der Waals surface area (Å²) in [4.78, 5) is 27.5. The van der Waals surface area contributed by atoms with Gasteiger partial charge in [-0.15, -0.1) is 0 Å². The van der Waals surface area contributed by atoms with Gasteiger partial charge in [-0.2, -0.15) is 0 Å². The van der Waals surface area contributed by atoms with Crippen LogP contribution < -0.4 is 0 Å². The van der Waals surface area contributed by atoms with Crippen molar-refractivity contribution in [3.63, 3.8) is 0 Å². The molecule has 0 aromatic carbocycles. The highest BCUT2D eigenvalue weighted by atomic mass is 16.3. The van der Waals surface area contributed by atoms with Crippen molar-refractivity contribution in [1.29, 1.82) is 0 Å². The van der Waals surface area contributed by atoms with Gasteiger partial charge in [-0.1, -0.05) is 6.07 Å². The van der Waals surface area contributed by atoms with Gasteiger partial charge in [0.15, 0.2) is 5.69 Å². The SMILES string of the molecule is O=C(c1ncccc1O)N1CCCC(c2nccn2Cc2ccccn2)C1. The molecule has 1 fully saturated rings. The number of hydrogen-bond donors (Lipinski definition) is 1. The summed E-state index contributed by atoms with van der Waals surface area (Å²) in [5, 5.41) is 9.94. The molecule has 1 aliphatic rings. The number of pyridine rings is 2. The van der Waals surface area contributed by atoms with E-state index >= 15 is 0 Å². The summed E-state index contributed by atoms with van der Waals surface area (Å²) in [5.41, 5.74) is 1.08. The number of amides is 1. The number of likely N-dealkylation sites (tertiary alicyclic amines) is 1. The highest BCUT2D eigenvalue weighted by molar-refractivity contribution is 5.94. The van der Waals surface area contributed by atoms with Crippen LogP contribution in [0, 0.1) is 0 Å². The van der Waals surface area contributed by atoms with E-state index in [0.717, 1.165) is 24.4 Å². The van der Waals surface area contributed by atoms with E-state index in [1.165, 1.54) is 12.3 Å². The van der Waals surface area contributed by atoms with E-state index in [1.807, 2.05) is 24.4 Å². The number of aromatic hydroxyl groups is 1. The minimum Gasteiger partial charge on any atom is -0.505 e. The molecular weight excluding hydrogens is 342 g/mol. The maximum atomic E-state index is 12.8. The first-order valence-corrected chi connectivity index (χ1v) is 9.06. The molecule has 0 spiro atoms. The normalized spacial score (nSPS) is 17.0. The topological polar surface area (TPSA) is 84.1 Å². The zero-order valence-electron chi connectivity index (χ0n) is 14.9. The first kappa shape index (κ1) is 17.2. The van der Waals surface area contributed by atoms with E-state index in [0.29, 0.717) is 19.6 Å². The zero-order valence-corrected chi connectivity index (χ0v) is 14.9. The lowest BCUT2D eigenvalue weighted by molar-refractivity contribution is 0.0694. The van der Waals surface area contributed by atoms with Crippen LogP contribution in [0.2, 0.25) is 0 Å². The minimum absolute atomic E-state index is 0.0822. The Morgan fingerprint density at radius 1 is 1.11 bits per heavy atom. The van der Waals surface area contributed by atoms with Crippen LogP contribution in [0.15, 0.2) is 55.1 Å². The van der Waals surface area contributed by atoms with Gasteiger partial charge in [0.1, 0.15) is 11.6 Å². The fourth-order valence-electron chi connectivity index (χ4n) is 3.56. The van der Waals surface area contributed by atoms with Crippen molar-refractivity contribution in [2.24, 2.45) is 0 Å². The Morgan fingerprint density at radius 3 is 2.81 bits per heavy atom. The van der Waals surface area contributed by atoms with Crippen molar-refractivity contribution in [3.05, 3.63) is 72.3 Å². The lowest BCUT2D eigenvalue weighted by Gasteiger charge is -2.32. The summed E-state index contributed by atoms with van der Waals surface area (Å²) in [5.74, 6) is 0.789. The number of hydrogen-bond acceptors (Lipinski definition) is 5. The third-order valence-corrected chi connectivity index (χ3v) is 4.87. The third-order valence-electron chi connectivity index (χ3n) is 4.87. The van der Waals surface area contributed by atoms with Crippen LogP contribution in [0.1, 0.15) is 40.8 Å². The molecule has 3 aromatic heterocycles. The predicted octanol–water partition coefficient (Wildman–Crippen LogP) is 2.45. The Bertz CT molecular complexity index is 925. The lowest BCUT2D eigenvalue weighted by atomic mass is 9.96. The van der Waals surface area contributed by atoms with E-state index in [2.05, 4.69) is 19.5 Å². The number of nitrogens with zero attached hydrogens (tertiary/aromatic N) is 5. The van der Waals surface area contributed by atoms with Gasteiger partial charge < -0.3 is 14.6 Å². The number of rotatable bonds is 4. The molecule has 1 unspecified atom stereocenters. The Labute approximate surface area is 157 Å². The molecule has 1 aliphatic heterocycles. The van der Waals surface area contributed by atoms with Crippen molar-refractivity contribution in [1.82, 2.24) is 24.4 Å². The summed E-state index contributed by atoms with van der Waals surface area (Å²) >= 11 is 0. The highest BCUT2D eigenvalue weighted by Gasteiger charge is 2.29. The Balaban J connectivity index is 1.52. The number of piperidine rings is 1. The Morgan fingerprint density at radius 2 is 2.00 bits per heavy atom. The van der Waals surface area contributed by atoms with Gasteiger partial charge >= 0.3 is 0 Å². The molecule has 0 radical (unpaired) electrons. The molecule has 1 atom stereocenters. The summed E-state index contributed by atoms with van der Waals surface area (Å²) in [6.45, 7) is 1.88. The predicted molar refractivity (Wildman–Crippen MR) is 99.3 cm³/mol. The van der Waals surface area contributed by atoms with Crippen LogP contribution in [-0.2, 0) is 6.54 Å². The largest absolute Gasteiger partial charge is 0.505 e. The van der Waals surface area contributed by atoms with Crippen LogP contribution in [0.5, 0.6) is 5.75 Å². The zero-order chi connectivity index (χ0) is 18.6. The second kappa shape index (κ2) is 7.57. The first-order chi connectivity index (χ1) is 13.2. The maximum Gasteiger partial charge on any atom is 0.276 e. The fourth-order valence-corrected chi connectivity index (χ4v) is 3.56. The molecule has 1 amide bonds. The summed E-state index contributed by atoms with van der Waals surface area (Å²) in [7, 11) is 0. The molecule has 1 N–H and O–H groups in total. The van der Waals surface area contributed by atoms with E-state index in [-0.39, 0.29) is 23.3 Å². The molecule has 7 nitrogen and oxygen atoms in total. The van der Waals surface area contributed by atoms with Crippen molar-refractivity contribution in [2.75, 3.05) is 13.1 Å². The van der Waals surface area contributed by atoms with Gasteiger partial charge in [-0.3, -0.25) is 9.78 Å². The summed E-state index contributed by atoms with van der Waals surface area (Å²) in [6.07, 6.45) is 8.91. The van der Waals surface area contributed by atoms with E-state index < -0.39 is 0 Å². The van der Waals surface area contributed by atoms with E-state index in [4.69, 9.17) is 0 Å². The fraction of sp³-hybridized carbons (Fsp3) is 0.300. The third kappa shape index (κ3) is 3.67. The second-order valence-electron chi connectivity index (χ2n) is 6.70. The van der Waals surface area contributed by atoms with Gasteiger partial charge in [0.05, 0.1) is 12.2 Å². The Kier molecular flexibility index (Phi) is 4.82. The number of imidazole rings is 1. The Hall–Kier alpha value is -3.22. The van der Waals surface area contributed by atoms with Crippen molar-refractivity contribution in [2.45, 2.75) is 25.3 Å². The number of carbonyl (C=O) groups is 1. The summed E-state index contributed by atoms with van der Waals surface area (Å²) in [6, 6.07) is 8.96. The molecule has 0 bridgehead atoms. The van der Waals surface area contributed by atoms with E-state index in [1.54, 1.807) is 23.4 Å². The van der Waals surface area contributed by atoms with Crippen molar-refractivity contribution in [3.8, 4) is 5.75 Å². The molecule has 0 saturated carbocycles. The second-order valence-corrected chi connectivity index (χ2v) is 6.70. The highest BCUT2D eigenvalue weighted by Crippen LogP contribution is 2.28. The molecule has 4 heterocycles. The summed E-state index contributed by atoms with van der Waals surface area (Å²) < 4.78 is 2.10. The standard InChI is InChI=1S/C20H21N5O2/c26-17-7-3-9-22-18(17)20(27)25-11-4-5-15(13-25)19-23-10-12-24(19)14-16-6-1-2-8-21-16/h1-3,6-10,12,15,26H,4-5,11,13-14H2. The number of aromatic nitrogens is 4. The van der Waals surface area contributed by atoms with Crippen LogP contribution in [0.25, 0.3) is 0 Å². The van der Waals surface area contributed by atoms with Crippen molar-refractivity contribution < 1.29 is 9.90 Å². The molecule has 4 rings (SSSR count). The van der Waals surface area contributed by atoms with Gasteiger partial charge in [0.25, 0.3) is 5.91 Å². The van der Waals surface area contributed by atoms with Crippen LogP contribution in [-0.4, -0.2) is 48.5 Å². The molecule has 27 heavy (non-hydrogen) atoms. The average molecular weight is 363 g/mol. The first-order valence-electron chi connectivity index (χ1n) is 9.06. The van der Waals surface area contributed by atoms with Gasteiger partial charge in [0, 0.05) is 43.8 Å². The van der Waals surface area contributed by atoms with Crippen LogP contribution >= 0.6 is 0 Å². The smallest absolute Gasteiger partial charge is 0.276 e. The van der Waals surface area contributed by atoms with Gasteiger partial charge in [0.2, 0.25) is 0 Å². The molecule has 0 aliphatic carbocycles. The van der Waals surface area contributed by atoms with Gasteiger partial charge in [-0.05, 0) is 37.1 Å².